The topological polar surface area (TPSA) is 92.0 Å². The summed E-state index contributed by atoms with van der Waals surface area (Å²) in [6.45, 7) is 7.53. The first-order valence-electron chi connectivity index (χ1n) is 10.5. The Kier molecular flexibility index (Phi) is 7.99. The van der Waals surface area contributed by atoms with Crippen LogP contribution in [0.2, 0.25) is 5.02 Å². The van der Waals surface area contributed by atoms with E-state index in [4.69, 9.17) is 30.8 Å². The van der Waals surface area contributed by atoms with Crippen molar-refractivity contribution in [3.63, 3.8) is 0 Å². The summed E-state index contributed by atoms with van der Waals surface area (Å²) in [7, 11) is 1.46. The van der Waals surface area contributed by atoms with E-state index in [1.165, 1.54) is 18.0 Å². The van der Waals surface area contributed by atoms with Crippen molar-refractivity contribution in [2.75, 3.05) is 20.3 Å². The van der Waals surface area contributed by atoms with Crippen LogP contribution in [0.15, 0.2) is 44.7 Å². The third-order valence-corrected chi connectivity index (χ3v) is 5.47. The zero-order valence-electron chi connectivity index (χ0n) is 19.5. The van der Waals surface area contributed by atoms with Gasteiger partial charge in [-0.25, -0.2) is 9.78 Å². The molecular formula is C24H25BrClN3O5. The molecule has 2 aromatic carbocycles. The molecule has 1 heterocycles. The number of hydrogen-bond donors (Lipinski definition) is 0. The largest absolute Gasteiger partial charge is 0.493 e. The van der Waals surface area contributed by atoms with Gasteiger partial charge in [-0.3, -0.25) is 4.79 Å². The van der Waals surface area contributed by atoms with E-state index in [1.54, 1.807) is 31.2 Å². The van der Waals surface area contributed by atoms with E-state index >= 15 is 0 Å². The minimum atomic E-state index is -0.518. The van der Waals surface area contributed by atoms with Crippen LogP contribution in [-0.2, 0) is 14.9 Å². The number of halogens is 2. The second kappa shape index (κ2) is 10.6. The third kappa shape index (κ3) is 5.77. The molecule has 0 radical (unpaired) electrons. The van der Waals surface area contributed by atoms with Gasteiger partial charge in [-0.15, -0.1) is 0 Å². The number of rotatable bonds is 7. The zero-order chi connectivity index (χ0) is 25.0. The Hall–Kier alpha value is -2.91. The van der Waals surface area contributed by atoms with E-state index in [1.807, 2.05) is 26.8 Å². The molecule has 180 valence electrons. The number of benzene rings is 2. The summed E-state index contributed by atoms with van der Waals surface area (Å²) in [6, 6.07) is 8.60. The summed E-state index contributed by atoms with van der Waals surface area (Å²) in [5.74, 6) is 0.508. The molecule has 0 saturated heterocycles. The molecule has 34 heavy (non-hydrogen) atoms. The van der Waals surface area contributed by atoms with E-state index in [0.29, 0.717) is 28.0 Å². The van der Waals surface area contributed by atoms with Crippen molar-refractivity contribution in [2.24, 2.45) is 5.10 Å². The molecule has 8 nitrogen and oxygen atoms in total. The van der Waals surface area contributed by atoms with Crippen molar-refractivity contribution in [1.82, 2.24) is 9.66 Å². The number of hydrogen-bond acceptors (Lipinski definition) is 7. The highest BCUT2D eigenvalue weighted by atomic mass is 79.9. The Balaban J connectivity index is 2.04. The van der Waals surface area contributed by atoms with E-state index in [9.17, 15) is 9.59 Å². The first-order chi connectivity index (χ1) is 16.0. The first kappa shape index (κ1) is 25.7. The number of esters is 1. The summed E-state index contributed by atoms with van der Waals surface area (Å²) in [4.78, 5) is 29.6. The quantitative estimate of drug-likeness (QED) is 0.306. The van der Waals surface area contributed by atoms with Gasteiger partial charge >= 0.3 is 5.97 Å². The molecule has 0 aliphatic heterocycles. The van der Waals surface area contributed by atoms with E-state index in [-0.39, 0.29) is 29.5 Å². The van der Waals surface area contributed by atoms with Crippen molar-refractivity contribution in [1.29, 1.82) is 0 Å². The molecule has 0 unspecified atom stereocenters. The molecule has 0 spiro atoms. The second-order valence-corrected chi connectivity index (χ2v) is 9.66. The molecule has 3 rings (SSSR count). The first-order valence-corrected chi connectivity index (χ1v) is 11.6. The molecule has 0 saturated carbocycles. The van der Waals surface area contributed by atoms with Crippen LogP contribution in [0.1, 0.15) is 39.1 Å². The van der Waals surface area contributed by atoms with Crippen molar-refractivity contribution in [3.05, 3.63) is 61.6 Å². The normalized spacial score (nSPS) is 11.7. The van der Waals surface area contributed by atoms with Gasteiger partial charge in [-0.1, -0.05) is 48.3 Å². The number of carbonyl (C=O) groups excluding carboxylic acids is 1. The highest BCUT2D eigenvalue weighted by molar-refractivity contribution is 9.10. The SMILES string of the molecule is CCOC(=O)COc1c(Cl)cc(C=Nn2c(C(C)(C)C)nc3ccc(Br)cc3c2=O)cc1OC. The summed E-state index contributed by atoms with van der Waals surface area (Å²) in [5, 5.41) is 5.10. The number of ether oxygens (including phenoxy) is 3. The van der Waals surface area contributed by atoms with E-state index in [0.717, 1.165) is 4.47 Å². The highest BCUT2D eigenvalue weighted by Gasteiger charge is 2.23. The van der Waals surface area contributed by atoms with Gasteiger partial charge in [0, 0.05) is 9.89 Å². The summed E-state index contributed by atoms with van der Waals surface area (Å²) >= 11 is 9.78. The van der Waals surface area contributed by atoms with Gasteiger partial charge in [0.15, 0.2) is 18.1 Å². The third-order valence-electron chi connectivity index (χ3n) is 4.69. The lowest BCUT2D eigenvalue weighted by Crippen LogP contribution is -2.29. The van der Waals surface area contributed by atoms with Crippen LogP contribution in [0.3, 0.4) is 0 Å². The number of carbonyl (C=O) groups is 1. The van der Waals surface area contributed by atoms with Crippen molar-refractivity contribution in [3.8, 4) is 11.5 Å². The predicted molar refractivity (Wildman–Crippen MR) is 136 cm³/mol. The van der Waals surface area contributed by atoms with Gasteiger partial charge < -0.3 is 14.2 Å². The summed E-state index contributed by atoms with van der Waals surface area (Å²) in [6.07, 6.45) is 1.49. The minimum Gasteiger partial charge on any atom is -0.493 e. The van der Waals surface area contributed by atoms with Crippen molar-refractivity contribution in [2.45, 2.75) is 33.1 Å². The van der Waals surface area contributed by atoms with Crippen LogP contribution in [0, 0.1) is 0 Å². The fraction of sp³-hybridized carbons (Fsp3) is 0.333. The van der Waals surface area contributed by atoms with Crippen molar-refractivity contribution < 1.29 is 19.0 Å². The van der Waals surface area contributed by atoms with Crippen LogP contribution in [0.5, 0.6) is 11.5 Å². The molecular weight excluding hydrogens is 526 g/mol. The second-order valence-electron chi connectivity index (χ2n) is 8.34. The van der Waals surface area contributed by atoms with Crippen LogP contribution >= 0.6 is 27.5 Å². The molecule has 0 aliphatic rings. The van der Waals surface area contributed by atoms with Crippen LogP contribution in [-0.4, -0.2) is 42.2 Å². The number of methoxy groups -OCH3 is 1. The van der Waals surface area contributed by atoms with Crippen LogP contribution < -0.4 is 15.0 Å². The highest BCUT2D eigenvalue weighted by Crippen LogP contribution is 2.36. The number of nitrogens with zero attached hydrogens (tertiary/aromatic N) is 3. The molecule has 0 atom stereocenters. The lowest BCUT2D eigenvalue weighted by molar-refractivity contribution is -0.145. The van der Waals surface area contributed by atoms with Gasteiger partial charge in [0.05, 0.1) is 35.9 Å². The predicted octanol–water partition coefficient (Wildman–Crippen LogP) is 4.94. The molecule has 0 aliphatic carbocycles. The molecule has 0 fully saturated rings. The Labute approximate surface area is 210 Å². The molecule has 1 aromatic heterocycles. The number of fused-ring (bicyclic) bond motifs is 1. The Bertz CT molecular complexity index is 1310. The van der Waals surface area contributed by atoms with Crippen molar-refractivity contribution >= 4 is 50.6 Å². The summed E-state index contributed by atoms with van der Waals surface area (Å²) in [5.41, 5.74) is 0.418. The smallest absolute Gasteiger partial charge is 0.344 e. The lowest BCUT2D eigenvalue weighted by atomic mass is 9.95. The van der Waals surface area contributed by atoms with E-state index < -0.39 is 11.4 Å². The molecule has 3 aromatic rings. The Morgan fingerprint density at radius 1 is 1.26 bits per heavy atom. The minimum absolute atomic E-state index is 0.208. The number of aromatic nitrogens is 2. The summed E-state index contributed by atoms with van der Waals surface area (Å²) < 4.78 is 17.8. The van der Waals surface area contributed by atoms with Gasteiger partial charge in [0.2, 0.25) is 0 Å². The van der Waals surface area contributed by atoms with E-state index in [2.05, 4.69) is 21.0 Å². The standard InChI is InChI=1S/C24H25BrClN3O5/c1-6-33-20(30)13-34-21-17(26)9-14(10-19(21)32-5)12-27-29-22(31)16-11-15(25)7-8-18(16)28-23(29)24(2,3)4/h7-12H,6,13H2,1-5H3. The van der Waals surface area contributed by atoms with Gasteiger partial charge in [0.1, 0.15) is 5.82 Å². The molecule has 10 heteroatoms. The maximum atomic E-state index is 13.3. The fourth-order valence-corrected chi connectivity index (χ4v) is 3.79. The van der Waals surface area contributed by atoms with Gasteiger partial charge in [0.25, 0.3) is 5.56 Å². The van der Waals surface area contributed by atoms with Crippen LogP contribution in [0.25, 0.3) is 10.9 Å². The monoisotopic (exact) mass is 549 g/mol. The maximum absolute atomic E-state index is 13.3. The van der Waals surface area contributed by atoms with Gasteiger partial charge in [-0.2, -0.15) is 9.78 Å². The average Bonchev–Trinajstić information content (AvgIpc) is 2.77. The maximum Gasteiger partial charge on any atom is 0.344 e. The zero-order valence-corrected chi connectivity index (χ0v) is 21.9. The van der Waals surface area contributed by atoms with Crippen LogP contribution in [0.4, 0.5) is 0 Å². The van der Waals surface area contributed by atoms with Gasteiger partial charge in [-0.05, 0) is 42.8 Å². The average molecular weight is 551 g/mol. The Morgan fingerprint density at radius 2 is 2.00 bits per heavy atom. The Morgan fingerprint density at radius 3 is 2.65 bits per heavy atom. The molecule has 0 amide bonds. The molecule has 0 bridgehead atoms. The lowest BCUT2D eigenvalue weighted by Gasteiger charge is -2.21. The molecule has 0 N–H and O–H groups in total. The fourth-order valence-electron chi connectivity index (χ4n) is 3.15.